The van der Waals surface area contributed by atoms with Gasteiger partial charge in [-0.1, -0.05) is 34.6 Å². The average Bonchev–Trinajstić information content (AvgIpc) is 3.18. The van der Waals surface area contributed by atoms with E-state index in [0.717, 1.165) is 28.1 Å². The molecule has 3 heterocycles. The predicted molar refractivity (Wildman–Crippen MR) is 115 cm³/mol. The van der Waals surface area contributed by atoms with Crippen LogP contribution in [0.3, 0.4) is 0 Å². The highest BCUT2D eigenvalue weighted by molar-refractivity contribution is 7.07. The van der Waals surface area contributed by atoms with E-state index in [1.165, 1.54) is 11.3 Å². The van der Waals surface area contributed by atoms with Gasteiger partial charge in [0, 0.05) is 16.3 Å². The number of amides is 1. The quantitative estimate of drug-likeness (QED) is 0.652. The van der Waals surface area contributed by atoms with Crippen molar-refractivity contribution in [1.82, 2.24) is 4.57 Å². The summed E-state index contributed by atoms with van der Waals surface area (Å²) in [5, 5.41) is 3.58. The van der Waals surface area contributed by atoms with Crippen molar-refractivity contribution in [3.63, 3.8) is 0 Å². The Morgan fingerprint density at radius 2 is 1.90 bits per heavy atom. The summed E-state index contributed by atoms with van der Waals surface area (Å²) in [4.78, 5) is 33.1. The number of carbonyl (C=O) groups is 1. The number of nitrogens with zero attached hydrogens (tertiary/aromatic N) is 3. The van der Waals surface area contributed by atoms with E-state index >= 15 is 0 Å². The number of aryl methyl sites for hydroxylation is 2. The lowest BCUT2D eigenvalue weighted by molar-refractivity contribution is -0.110. The standard InChI is InChI=1S/C21H17ClN4O2S/c1-11-7-12(2)17-15(8-11)16(19(27)24-17)18-20(28)26-10-25(9-23-21(26)29-18)14-5-3-13(22)4-6-14/h3-8H,9-10H2,1-2H3,(H,24,27). The van der Waals surface area contributed by atoms with E-state index in [9.17, 15) is 9.59 Å². The van der Waals surface area contributed by atoms with Gasteiger partial charge >= 0.3 is 0 Å². The van der Waals surface area contributed by atoms with Crippen molar-refractivity contribution in [2.75, 3.05) is 16.9 Å². The largest absolute Gasteiger partial charge is 0.334 e. The van der Waals surface area contributed by atoms with Crippen molar-refractivity contribution in [2.24, 2.45) is 4.99 Å². The molecular weight excluding hydrogens is 408 g/mol. The Morgan fingerprint density at radius 1 is 1.14 bits per heavy atom. The summed E-state index contributed by atoms with van der Waals surface area (Å²) in [6.07, 6.45) is 0. The number of aromatic nitrogens is 1. The van der Waals surface area contributed by atoms with E-state index in [1.807, 2.05) is 55.1 Å². The molecule has 3 aromatic rings. The number of nitrogens with one attached hydrogen (secondary N) is 1. The van der Waals surface area contributed by atoms with Crippen LogP contribution in [0, 0.1) is 13.8 Å². The predicted octanol–water partition coefficient (Wildman–Crippen LogP) is 2.39. The lowest BCUT2D eigenvalue weighted by Crippen LogP contribution is -2.43. The topological polar surface area (TPSA) is 66.7 Å². The highest BCUT2D eigenvalue weighted by Crippen LogP contribution is 2.33. The van der Waals surface area contributed by atoms with Crippen molar-refractivity contribution < 1.29 is 4.79 Å². The molecule has 2 aromatic carbocycles. The summed E-state index contributed by atoms with van der Waals surface area (Å²) in [5.74, 6) is -0.237. The normalized spacial score (nSPS) is 16.9. The Balaban J connectivity index is 1.66. The van der Waals surface area contributed by atoms with Crippen LogP contribution in [0.1, 0.15) is 16.7 Å². The lowest BCUT2D eigenvalue weighted by atomic mass is 10.0. The molecule has 2 aliphatic heterocycles. The van der Waals surface area contributed by atoms with Crippen LogP contribution < -0.4 is 25.1 Å². The Hall–Kier alpha value is -2.90. The Morgan fingerprint density at radius 3 is 2.66 bits per heavy atom. The maximum absolute atomic E-state index is 13.2. The molecule has 0 atom stereocenters. The third-order valence-electron chi connectivity index (χ3n) is 5.19. The zero-order chi connectivity index (χ0) is 20.3. The van der Waals surface area contributed by atoms with Crippen molar-refractivity contribution in [2.45, 2.75) is 20.5 Å². The van der Waals surface area contributed by atoms with Gasteiger partial charge in [0.1, 0.15) is 17.9 Å². The molecule has 0 saturated heterocycles. The second kappa shape index (κ2) is 6.57. The fourth-order valence-electron chi connectivity index (χ4n) is 3.83. The smallest absolute Gasteiger partial charge is 0.272 e. The molecule has 0 radical (unpaired) electrons. The number of fused-ring (bicyclic) bond motifs is 2. The summed E-state index contributed by atoms with van der Waals surface area (Å²) in [6, 6.07) is 11.4. The van der Waals surface area contributed by atoms with Gasteiger partial charge in [0.15, 0.2) is 4.80 Å². The van der Waals surface area contributed by atoms with E-state index in [2.05, 4.69) is 10.3 Å². The molecule has 0 aliphatic carbocycles. The van der Waals surface area contributed by atoms with Gasteiger partial charge in [-0.25, -0.2) is 4.99 Å². The highest BCUT2D eigenvalue weighted by Gasteiger charge is 2.29. The lowest BCUT2D eigenvalue weighted by Gasteiger charge is -2.25. The van der Waals surface area contributed by atoms with Gasteiger partial charge in [0.25, 0.3) is 11.5 Å². The van der Waals surface area contributed by atoms with Crippen molar-refractivity contribution in [3.8, 4) is 0 Å². The molecule has 6 nitrogen and oxygen atoms in total. The van der Waals surface area contributed by atoms with E-state index in [1.54, 1.807) is 4.57 Å². The number of thiazole rings is 1. The average molecular weight is 425 g/mol. The molecule has 8 heteroatoms. The molecule has 29 heavy (non-hydrogen) atoms. The minimum absolute atomic E-state index is 0.190. The first kappa shape index (κ1) is 18.1. The first-order valence-electron chi connectivity index (χ1n) is 9.14. The maximum Gasteiger partial charge on any atom is 0.272 e. The molecule has 0 unspecified atom stereocenters. The molecule has 0 bridgehead atoms. The SMILES string of the molecule is Cc1cc(C)c2c(c1)C(=c1sc3n(c1=O)CN(c1ccc(Cl)cc1)CN=3)C(=O)N2. The summed E-state index contributed by atoms with van der Waals surface area (Å²) in [6.45, 7) is 4.77. The Kier molecular flexibility index (Phi) is 4.11. The first-order chi connectivity index (χ1) is 13.9. The van der Waals surface area contributed by atoms with Crippen LogP contribution in [0.15, 0.2) is 46.2 Å². The first-order valence-corrected chi connectivity index (χ1v) is 10.3. The third-order valence-corrected chi connectivity index (χ3v) is 6.55. The molecule has 1 aromatic heterocycles. The Labute approximate surface area is 175 Å². The summed E-state index contributed by atoms with van der Waals surface area (Å²) in [5.41, 5.74) is 4.80. The molecule has 1 amide bonds. The van der Waals surface area contributed by atoms with Gasteiger partial charge in [-0.2, -0.15) is 0 Å². The second-order valence-electron chi connectivity index (χ2n) is 7.24. The minimum atomic E-state index is -0.237. The van der Waals surface area contributed by atoms with Gasteiger partial charge in [0.2, 0.25) is 0 Å². The number of hydrogen-bond acceptors (Lipinski definition) is 5. The zero-order valence-corrected chi connectivity index (χ0v) is 17.4. The molecule has 0 saturated carbocycles. The molecule has 1 N–H and O–H groups in total. The molecule has 5 rings (SSSR count). The van der Waals surface area contributed by atoms with Crippen LogP contribution >= 0.6 is 22.9 Å². The van der Waals surface area contributed by atoms with Crippen LogP contribution in [0.4, 0.5) is 11.4 Å². The van der Waals surface area contributed by atoms with Gasteiger partial charge < -0.3 is 10.2 Å². The number of hydrogen-bond donors (Lipinski definition) is 1. The number of carbonyl (C=O) groups excluding carboxylic acids is 1. The van der Waals surface area contributed by atoms with Gasteiger partial charge in [-0.3, -0.25) is 14.2 Å². The number of benzene rings is 2. The number of rotatable bonds is 1. The van der Waals surface area contributed by atoms with Crippen molar-refractivity contribution in [3.05, 3.63) is 77.8 Å². The number of anilines is 2. The van der Waals surface area contributed by atoms with Crippen LogP contribution in [0.2, 0.25) is 5.02 Å². The molecule has 146 valence electrons. The Bertz CT molecular complexity index is 1360. The van der Waals surface area contributed by atoms with Crippen LogP contribution in [-0.2, 0) is 11.5 Å². The monoisotopic (exact) mass is 424 g/mol. The number of halogens is 1. The van der Waals surface area contributed by atoms with Crippen molar-refractivity contribution >= 4 is 45.8 Å². The zero-order valence-electron chi connectivity index (χ0n) is 15.8. The van der Waals surface area contributed by atoms with Crippen LogP contribution in [0.5, 0.6) is 0 Å². The summed E-state index contributed by atoms with van der Waals surface area (Å²) < 4.78 is 2.06. The second-order valence-corrected chi connectivity index (χ2v) is 8.65. The molecule has 0 spiro atoms. The van der Waals surface area contributed by atoms with Gasteiger partial charge in [-0.05, 0) is 49.7 Å². The summed E-state index contributed by atoms with van der Waals surface area (Å²) in [7, 11) is 0. The van der Waals surface area contributed by atoms with Crippen molar-refractivity contribution in [1.29, 1.82) is 0 Å². The third kappa shape index (κ3) is 2.89. The fraction of sp³-hybridized carbons (Fsp3) is 0.190. The van der Waals surface area contributed by atoms with E-state index in [-0.39, 0.29) is 11.5 Å². The van der Waals surface area contributed by atoms with E-state index in [0.29, 0.717) is 33.3 Å². The van der Waals surface area contributed by atoms with Gasteiger partial charge in [0.05, 0.1) is 11.3 Å². The molecular formula is C21H17ClN4O2S. The van der Waals surface area contributed by atoms with E-state index < -0.39 is 0 Å². The van der Waals surface area contributed by atoms with Crippen LogP contribution in [-0.4, -0.2) is 17.1 Å². The van der Waals surface area contributed by atoms with Crippen LogP contribution in [0.25, 0.3) is 5.57 Å². The maximum atomic E-state index is 13.2. The molecule has 2 aliphatic rings. The highest BCUT2D eigenvalue weighted by atomic mass is 35.5. The van der Waals surface area contributed by atoms with Gasteiger partial charge in [-0.15, -0.1) is 0 Å². The molecule has 0 fully saturated rings. The summed E-state index contributed by atoms with van der Waals surface area (Å²) >= 11 is 7.25. The minimum Gasteiger partial charge on any atom is -0.334 e. The van der Waals surface area contributed by atoms with E-state index in [4.69, 9.17) is 11.6 Å². The fourth-order valence-corrected chi connectivity index (χ4v) is 5.01.